The van der Waals surface area contributed by atoms with Crippen molar-refractivity contribution in [3.63, 3.8) is 0 Å². The molecule has 0 aliphatic carbocycles. The first-order valence-electron chi connectivity index (χ1n) is 9.62. The van der Waals surface area contributed by atoms with Gasteiger partial charge in [0.25, 0.3) is 11.5 Å². The number of nitrogens with zero attached hydrogens (tertiary/aromatic N) is 2. The molecule has 4 aromatic rings. The fraction of sp³-hybridized carbons (Fsp3) is 0.125. The first-order valence-corrected chi connectivity index (χ1v) is 9.62. The third-order valence-electron chi connectivity index (χ3n) is 4.99. The molecule has 1 atom stereocenters. The predicted molar refractivity (Wildman–Crippen MR) is 114 cm³/mol. The van der Waals surface area contributed by atoms with Crippen molar-refractivity contribution in [1.82, 2.24) is 14.9 Å². The number of halogens is 1. The number of carbonyl (C=O) groups excluding carboxylic acids is 1. The van der Waals surface area contributed by atoms with Gasteiger partial charge in [-0.2, -0.15) is 0 Å². The minimum atomic E-state index is -0.449. The van der Waals surface area contributed by atoms with Crippen LogP contribution in [-0.2, 0) is 6.54 Å². The third-order valence-corrected chi connectivity index (χ3v) is 4.99. The van der Waals surface area contributed by atoms with Crippen molar-refractivity contribution in [3.8, 4) is 0 Å². The molecule has 30 heavy (non-hydrogen) atoms. The van der Waals surface area contributed by atoms with Crippen molar-refractivity contribution < 1.29 is 9.18 Å². The van der Waals surface area contributed by atoms with Gasteiger partial charge in [-0.25, -0.2) is 9.37 Å². The minimum Gasteiger partial charge on any atom is -0.345 e. The third kappa shape index (κ3) is 3.98. The number of hydrogen-bond donors (Lipinski definition) is 1. The summed E-state index contributed by atoms with van der Waals surface area (Å²) in [6, 6.07) is 20.3. The smallest absolute Gasteiger partial charge is 0.265 e. The van der Waals surface area contributed by atoms with Gasteiger partial charge in [-0.1, -0.05) is 42.5 Å². The first kappa shape index (κ1) is 19.5. The summed E-state index contributed by atoms with van der Waals surface area (Å²) in [6.07, 6.45) is 1.60. The van der Waals surface area contributed by atoms with E-state index in [1.165, 1.54) is 16.7 Å². The molecule has 2 aromatic carbocycles. The van der Waals surface area contributed by atoms with E-state index in [1.54, 1.807) is 36.5 Å². The van der Waals surface area contributed by atoms with Crippen molar-refractivity contribution in [2.24, 2.45) is 0 Å². The van der Waals surface area contributed by atoms with E-state index in [2.05, 4.69) is 10.3 Å². The van der Waals surface area contributed by atoms with E-state index in [4.69, 9.17) is 0 Å². The van der Waals surface area contributed by atoms with Gasteiger partial charge in [0.1, 0.15) is 17.0 Å². The van der Waals surface area contributed by atoms with E-state index >= 15 is 0 Å². The Labute approximate surface area is 172 Å². The summed E-state index contributed by atoms with van der Waals surface area (Å²) in [7, 11) is 0. The van der Waals surface area contributed by atoms with Crippen molar-refractivity contribution in [3.05, 3.63) is 112 Å². The van der Waals surface area contributed by atoms with E-state index in [0.717, 1.165) is 11.1 Å². The summed E-state index contributed by atoms with van der Waals surface area (Å²) >= 11 is 0. The molecular weight excluding hydrogens is 381 g/mol. The Hall–Kier alpha value is -3.80. The van der Waals surface area contributed by atoms with Crippen LogP contribution in [0.2, 0.25) is 0 Å². The molecule has 0 unspecified atom stereocenters. The highest BCUT2D eigenvalue weighted by Crippen LogP contribution is 2.15. The number of rotatable bonds is 5. The van der Waals surface area contributed by atoms with Gasteiger partial charge >= 0.3 is 0 Å². The summed E-state index contributed by atoms with van der Waals surface area (Å²) in [5.74, 6) is -0.799. The predicted octanol–water partition coefficient (Wildman–Crippen LogP) is 4.07. The molecule has 2 heterocycles. The standard InChI is InChI=1S/C24H20FN3O2/c1-16(18-6-3-2-4-7-18)27-23(29)21-14-19-8-5-13-26-22(19)28(24(21)30)15-17-9-11-20(25)12-10-17/h2-14,16H,15H2,1H3,(H,27,29)/t16-/m0/s1. The number of carbonyl (C=O) groups is 1. The highest BCUT2D eigenvalue weighted by atomic mass is 19.1. The van der Waals surface area contributed by atoms with Gasteiger partial charge < -0.3 is 5.32 Å². The van der Waals surface area contributed by atoms with E-state index in [9.17, 15) is 14.0 Å². The Bertz CT molecular complexity index is 1250. The van der Waals surface area contributed by atoms with Crippen LogP contribution in [0.25, 0.3) is 11.0 Å². The monoisotopic (exact) mass is 401 g/mol. The highest BCUT2D eigenvalue weighted by Gasteiger charge is 2.18. The van der Waals surface area contributed by atoms with Gasteiger partial charge in [0.2, 0.25) is 0 Å². The summed E-state index contributed by atoms with van der Waals surface area (Å²) in [5.41, 5.74) is 1.75. The Morgan fingerprint density at radius 1 is 1.07 bits per heavy atom. The van der Waals surface area contributed by atoms with E-state index in [0.29, 0.717) is 11.0 Å². The zero-order chi connectivity index (χ0) is 21.1. The molecule has 0 aliphatic heterocycles. The lowest BCUT2D eigenvalue weighted by molar-refractivity contribution is 0.0938. The lowest BCUT2D eigenvalue weighted by Crippen LogP contribution is -2.35. The van der Waals surface area contributed by atoms with Gasteiger partial charge in [-0.3, -0.25) is 14.2 Å². The molecule has 1 N–H and O–H groups in total. The SMILES string of the molecule is C[C@H](NC(=O)c1cc2cccnc2n(Cc2ccc(F)cc2)c1=O)c1ccccc1. The van der Waals surface area contributed by atoms with Crippen LogP contribution in [-0.4, -0.2) is 15.5 Å². The number of pyridine rings is 2. The van der Waals surface area contributed by atoms with Crippen LogP contribution >= 0.6 is 0 Å². The lowest BCUT2D eigenvalue weighted by atomic mass is 10.1. The maximum Gasteiger partial charge on any atom is 0.265 e. The van der Waals surface area contributed by atoms with E-state index in [-0.39, 0.29) is 24.0 Å². The highest BCUT2D eigenvalue weighted by molar-refractivity contribution is 5.97. The number of amides is 1. The van der Waals surface area contributed by atoms with Gasteiger partial charge in [0.15, 0.2) is 0 Å². The Morgan fingerprint density at radius 2 is 1.80 bits per heavy atom. The second-order valence-electron chi connectivity index (χ2n) is 7.10. The molecule has 6 heteroatoms. The average Bonchev–Trinajstić information content (AvgIpc) is 2.77. The Balaban J connectivity index is 1.73. The maximum absolute atomic E-state index is 13.3. The molecule has 1 amide bonds. The summed E-state index contributed by atoms with van der Waals surface area (Å²) in [6.45, 7) is 2.05. The molecule has 0 radical (unpaired) electrons. The van der Waals surface area contributed by atoms with Crippen molar-refractivity contribution in [2.45, 2.75) is 19.5 Å². The summed E-state index contributed by atoms with van der Waals surface area (Å²) < 4.78 is 14.7. The summed E-state index contributed by atoms with van der Waals surface area (Å²) in [5, 5.41) is 3.57. The van der Waals surface area contributed by atoms with Gasteiger partial charge in [0, 0.05) is 11.6 Å². The minimum absolute atomic E-state index is 0.0420. The van der Waals surface area contributed by atoms with Gasteiger partial charge in [-0.15, -0.1) is 0 Å². The van der Waals surface area contributed by atoms with Crippen LogP contribution in [0.1, 0.15) is 34.5 Å². The number of fused-ring (bicyclic) bond motifs is 1. The normalized spacial score (nSPS) is 11.9. The second kappa shape index (κ2) is 8.29. The van der Waals surface area contributed by atoms with E-state index < -0.39 is 11.5 Å². The van der Waals surface area contributed by atoms with Crippen LogP contribution in [0.4, 0.5) is 4.39 Å². The summed E-state index contributed by atoms with van der Waals surface area (Å²) in [4.78, 5) is 30.5. The van der Waals surface area contributed by atoms with E-state index in [1.807, 2.05) is 37.3 Å². The van der Waals surface area contributed by atoms with Crippen LogP contribution in [0.5, 0.6) is 0 Å². The van der Waals surface area contributed by atoms with Crippen LogP contribution in [0.15, 0.2) is 83.8 Å². The number of aromatic nitrogens is 2. The van der Waals surface area contributed by atoms with Gasteiger partial charge in [0.05, 0.1) is 12.6 Å². The molecule has 0 bridgehead atoms. The number of benzene rings is 2. The molecule has 150 valence electrons. The quantitative estimate of drug-likeness (QED) is 0.548. The zero-order valence-electron chi connectivity index (χ0n) is 16.4. The number of nitrogens with one attached hydrogen (secondary N) is 1. The topological polar surface area (TPSA) is 64.0 Å². The second-order valence-corrected chi connectivity index (χ2v) is 7.10. The number of hydrogen-bond acceptors (Lipinski definition) is 3. The molecule has 0 saturated heterocycles. The molecule has 0 aliphatic rings. The molecule has 5 nitrogen and oxygen atoms in total. The molecule has 4 rings (SSSR count). The van der Waals surface area contributed by atoms with Crippen LogP contribution < -0.4 is 10.9 Å². The van der Waals surface area contributed by atoms with Crippen LogP contribution in [0, 0.1) is 5.82 Å². The fourth-order valence-electron chi connectivity index (χ4n) is 3.39. The Kier molecular flexibility index (Phi) is 5.39. The van der Waals surface area contributed by atoms with Crippen molar-refractivity contribution in [2.75, 3.05) is 0 Å². The Morgan fingerprint density at radius 3 is 2.53 bits per heavy atom. The molecule has 0 saturated carbocycles. The molecular formula is C24H20FN3O2. The van der Waals surface area contributed by atoms with Gasteiger partial charge in [-0.05, 0) is 48.4 Å². The fourth-order valence-corrected chi connectivity index (χ4v) is 3.39. The maximum atomic E-state index is 13.3. The average molecular weight is 401 g/mol. The molecule has 0 fully saturated rings. The molecule has 0 spiro atoms. The van der Waals surface area contributed by atoms with Crippen molar-refractivity contribution in [1.29, 1.82) is 0 Å². The van der Waals surface area contributed by atoms with Crippen molar-refractivity contribution >= 4 is 16.9 Å². The zero-order valence-corrected chi connectivity index (χ0v) is 16.4. The lowest BCUT2D eigenvalue weighted by Gasteiger charge is -2.16. The first-order chi connectivity index (χ1) is 14.5. The largest absolute Gasteiger partial charge is 0.345 e. The van der Waals surface area contributed by atoms with Crippen LogP contribution in [0.3, 0.4) is 0 Å². The molecule has 2 aromatic heterocycles.